The Bertz CT molecular complexity index is 273. The zero-order valence-corrected chi connectivity index (χ0v) is 10.5. The Morgan fingerprint density at radius 1 is 1.50 bits per heavy atom. The minimum absolute atomic E-state index is 0.0160. The molecule has 1 amide bonds. The van der Waals surface area contributed by atoms with Gasteiger partial charge in [-0.15, -0.1) is 0 Å². The van der Waals surface area contributed by atoms with E-state index in [0.717, 1.165) is 32.5 Å². The Morgan fingerprint density at radius 2 is 2.19 bits per heavy atom. The summed E-state index contributed by atoms with van der Waals surface area (Å²) in [7, 11) is 0. The van der Waals surface area contributed by atoms with Crippen LogP contribution in [0.1, 0.15) is 33.6 Å². The molecule has 1 saturated heterocycles. The molecule has 0 radical (unpaired) electrons. The van der Waals surface area contributed by atoms with Crippen molar-refractivity contribution in [3.05, 3.63) is 0 Å². The fourth-order valence-corrected chi connectivity index (χ4v) is 2.41. The number of rotatable bonds is 3. The van der Waals surface area contributed by atoms with Gasteiger partial charge in [0.15, 0.2) is 0 Å². The van der Waals surface area contributed by atoms with Gasteiger partial charge in [-0.25, -0.2) is 0 Å². The van der Waals surface area contributed by atoms with Crippen molar-refractivity contribution in [3.63, 3.8) is 0 Å². The minimum atomic E-state index is -0.0160. The van der Waals surface area contributed by atoms with Crippen LogP contribution < -0.4 is 10.6 Å². The molecule has 0 bridgehead atoms. The summed E-state index contributed by atoms with van der Waals surface area (Å²) in [5.74, 6) is 0.192. The fourth-order valence-electron chi connectivity index (χ4n) is 2.41. The van der Waals surface area contributed by atoms with Crippen LogP contribution in [0.3, 0.4) is 0 Å². The molecule has 2 rings (SSSR count). The third-order valence-corrected chi connectivity index (χ3v) is 3.64. The predicted molar refractivity (Wildman–Crippen MR) is 64.3 cm³/mol. The van der Waals surface area contributed by atoms with E-state index < -0.39 is 0 Å². The molecule has 0 spiro atoms. The van der Waals surface area contributed by atoms with E-state index in [0.29, 0.717) is 6.04 Å². The van der Waals surface area contributed by atoms with Gasteiger partial charge in [0.2, 0.25) is 5.91 Å². The van der Waals surface area contributed by atoms with Crippen molar-refractivity contribution in [1.29, 1.82) is 0 Å². The molecule has 1 atom stereocenters. The standard InChI is InChI=1S/C12H23N3O/c1-9(11(16)14-10-4-5-10)15-7-6-13-8-12(15,2)3/h9-10,13H,4-8H2,1-3H3,(H,14,16). The second-order valence-electron chi connectivity index (χ2n) is 5.64. The second-order valence-corrected chi connectivity index (χ2v) is 5.64. The number of nitrogens with zero attached hydrogens (tertiary/aromatic N) is 1. The lowest BCUT2D eigenvalue weighted by Crippen LogP contribution is -2.63. The fraction of sp³-hybridized carbons (Fsp3) is 0.917. The maximum absolute atomic E-state index is 12.0. The van der Waals surface area contributed by atoms with Gasteiger partial charge in [-0.05, 0) is 33.6 Å². The second kappa shape index (κ2) is 4.34. The molecule has 1 saturated carbocycles. The first-order valence-corrected chi connectivity index (χ1v) is 6.28. The molecule has 4 nitrogen and oxygen atoms in total. The van der Waals surface area contributed by atoms with Crippen molar-refractivity contribution < 1.29 is 4.79 Å². The maximum Gasteiger partial charge on any atom is 0.237 e. The van der Waals surface area contributed by atoms with E-state index in [4.69, 9.17) is 0 Å². The van der Waals surface area contributed by atoms with Crippen LogP contribution in [0, 0.1) is 0 Å². The molecular weight excluding hydrogens is 202 g/mol. The van der Waals surface area contributed by atoms with Crippen LogP contribution in [-0.2, 0) is 4.79 Å². The summed E-state index contributed by atoms with van der Waals surface area (Å²) < 4.78 is 0. The summed E-state index contributed by atoms with van der Waals surface area (Å²) in [5.41, 5.74) is 0.0680. The molecule has 0 aromatic carbocycles. The van der Waals surface area contributed by atoms with Gasteiger partial charge in [0.25, 0.3) is 0 Å². The van der Waals surface area contributed by atoms with Gasteiger partial charge in [-0.3, -0.25) is 9.69 Å². The highest BCUT2D eigenvalue weighted by molar-refractivity contribution is 5.82. The van der Waals surface area contributed by atoms with Gasteiger partial charge in [-0.2, -0.15) is 0 Å². The Hall–Kier alpha value is -0.610. The van der Waals surface area contributed by atoms with Crippen molar-refractivity contribution in [2.75, 3.05) is 19.6 Å². The summed E-state index contributed by atoms with van der Waals surface area (Å²) in [4.78, 5) is 14.3. The first kappa shape index (κ1) is 11.9. The lowest BCUT2D eigenvalue weighted by atomic mass is 9.97. The van der Waals surface area contributed by atoms with Gasteiger partial charge in [0, 0.05) is 31.2 Å². The largest absolute Gasteiger partial charge is 0.352 e. The highest BCUT2D eigenvalue weighted by Gasteiger charge is 2.36. The number of hydrogen-bond acceptors (Lipinski definition) is 3. The van der Waals surface area contributed by atoms with E-state index in [1.54, 1.807) is 0 Å². The molecule has 1 aliphatic carbocycles. The van der Waals surface area contributed by atoms with E-state index in [1.165, 1.54) is 0 Å². The van der Waals surface area contributed by atoms with Crippen LogP contribution >= 0.6 is 0 Å². The van der Waals surface area contributed by atoms with Gasteiger partial charge in [0.1, 0.15) is 0 Å². The molecule has 1 aliphatic heterocycles. The molecule has 2 aliphatic rings. The molecule has 4 heteroatoms. The summed E-state index contributed by atoms with van der Waals surface area (Å²) in [6.45, 7) is 9.29. The molecule has 0 aromatic heterocycles. The third kappa shape index (κ3) is 2.55. The van der Waals surface area contributed by atoms with Crippen LogP contribution in [0.25, 0.3) is 0 Å². The lowest BCUT2D eigenvalue weighted by Gasteiger charge is -2.45. The lowest BCUT2D eigenvalue weighted by molar-refractivity contribution is -0.128. The Morgan fingerprint density at radius 3 is 2.75 bits per heavy atom. The number of nitrogens with one attached hydrogen (secondary N) is 2. The number of hydrogen-bond donors (Lipinski definition) is 2. The zero-order chi connectivity index (χ0) is 11.8. The molecule has 1 heterocycles. The zero-order valence-electron chi connectivity index (χ0n) is 10.5. The number of carbonyl (C=O) groups is 1. The Kier molecular flexibility index (Phi) is 3.22. The predicted octanol–water partition coefficient (Wildman–Crippen LogP) is 0.337. The summed E-state index contributed by atoms with van der Waals surface area (Å²) >= 11 is 0. The number of amides is 1. The van der Waals surface area contributed by atoms with Gasteiger partial charge in [0.05, 0.1) is 6.04 Å². The Balaban J connectivity index is 1.95. The van der Waals surface area contributed by atoms with Crippen molar-refractivity contribution in [2.45, 2.75) is 51.2 Å². The van der Waals surface area contributed by atoms with E-state index in [9.17, 15) is 4.79 Å². The average molecular weight is 225 g/mol. The molecule has 0 aromatic rings. The van der Waals surface area contributed by atoms with Crippen molar-refractivity contribution in [2.24, 2.45) is 0 Å². The van der Waals surface area contributed by atoms with Crippen molar-refractivity contribution in [1.82, 2.24) is 15.5 Å². The first-order valence-electron chi connectivity index (χ1n) is 6.28. The molecule has 92 valence electrons. The molecule has 2 fully saturated rings. The monoisotopic (exact) mass is 225 g/mol. The van der Waals surface area contributed by atoms with E-state index >= 15 is 0 Å². The van der Waals surface area contributed by atoms with Crippen molar-refractivity contribution >= 4 is 5.91 Å². The molecule has 2 N–H and O–H groups in total. The van der Waals surface area contributed by atoms with Crippen LogP contribution in [0.2, 0.25) is 0 Å². The SMILES string of the molecule is CC(C(=O)NC1CC1)N1CCNCC1(C)C. The highest BCUT2D eigenvalue weighted by atomic mass is 16.2. The van der Waals surface area contributed by atoms with Gasteiger partial charge < -0.3 is 10.6 Å². The molecule has 1 unspecified atom stereocenters. The number of carbonyl (C=O) groups excluding carboxylic acids is 1. The maximum atomic E-state index is 12.0. The van der Waals surface area contributed by atoms with Gasteiger partial charge in [-0.1, -0.05) is 0 Å². The van der Waals surface area contributed by atoms with E-state index in [-0.39, 0.29) is 17.5 Å². The summed E-state index contributed by atoms with van der Waals surface area (Å²) in [6, 6.07) is 0.443. The molecular formula is C12H23N3O. The minimum Gasteiger partial charge on any atom is -0.352 e. The quantitative estimate of drug-likeness (QED) is 0.728. The Labute approximate surface area is 97.8 Å². The first-order chi connectivity index (χ1) is 7.50. The normalized spacial score (nSPS) is 27.4. The smallest absolute Gasteiger partial charge is 0.237 e. The van der Waals surface area contributed by atoms with E-state index in [2.05, 4.69) is 29.4 Å². The number of piperazine rings is 1. The van der Waals surface area contributed by atoms with Crippen LogP contribution in [-0.4, -0.2) is 48.1 Å². The van der Waals surface area contributed by atoms with Crippen molar-refractivity contribution in [3.8, 4) is 0 Å². The van der Waals surface area contributed by atoms with Crippen LogP contribution in [0.15, 0.2) is 0 Å². The highest BCUT2D eigenvalue weighted by Crippen LogP contribution is 2.22. The van der Waals surface area contributed by atoms with Crippen LogP contribution in [0.5, 0.6) is 0 Å². The van der Waals surface area contributed by atoms with Gasteiger partial charge >= 0.3 is 0 Å². The van der Waals surface area contributed by atoms with Crippen LogP contribution in [0.4, 0.5) is 0 Å². The van der Waals surface area contributed by atoms with E-state index in [1.807, 2.05) is 6.92 Å². The summed E-state index contributed by atoms with van der Waals surface area (Å²) in [5, 5.41) is 6.47. The third-order valence-electron chi connectivity index (χ3n) is 3.64. The molecule has 16 heavy (non-hydrogen) atoms. The average Bonchev–Trinajstić information content (AvgIpc) is 3.00. The topological polar surface area (TPSA) is 44.4 Å². The summed E-state index contributed by atoms with van der Waals surface area (Å²) in [6.07, 6.45) is 2.31.